The molecule has 0 atom stereocenters. The van der Waals surface area contributed by atoms with Crippen LogP contribution in [0.1, 0.15) is 11.1 Å². The summed E-state index contributed by atoms with van der Waals surface area (Å²) in [5.74, 6) is 0. The number of rotatable bonds is 5. The van der Waals surface area contributed by atoms with Gasteiger partial charge in [0.05, 0.1) is 5.69 Å². The van der Waals surface area contributed by atoms with Gasteiger partial charge in [-0.15, -0.1) is 0 Å². The van der Waals surface area contributed by atoms with E-state index in [1.165, 1.54) is 12.6 Å². The number of hydrogen-bond donors (Lipinski definition) is 2. The van der Waals surface area contributed by atoms with E-state index in [9.17, 15) is 8.42 Å². The summed E-state index contributed by atoms with van der Waals surface area (Å²) in [6.45, 7) is 2.62. The van der Waals surface area contributed by atoms with Crippen molar-refractivity contribution in [3.63, 3.8) is 0 Å². The third-order valence-corrected chi connectivity index (χ3v) is 4.65. The third-order valence-electron chi connectivity index (χ3n) is 3.18. The Morgan fingerprint density at radius 1 is 1.00 bits per heavy atom. The van der Waals surface area contributed by atoms with E-state index in [1.54, 1.807) is 18.2 Å². The number of benzene rings is 2. The number of anilines is 1. The molecule has 2 aromatic rings. The van der Waals surface area contributed by atoms with Crippen molar-refractivity contribution in [3.05, 3.63) is 59.7 Å². The van der Waals surface area contributed by atoms with Crippen molar-refractivity contribution >= 4 is 15.7 Å². The lowest BCUT2D eigenvalue weighted by Gasteiger charge is -2.13. The zero-order chi connectivity index (χ0) is 14.6. The van der Waals surface area contributed by atoms with Gasteiger partial charge in [0.25, 0.3) is 0 Å². The van der Waals surface area contributed by atoms with Crippen molar-refractivity contribution in [2.24, 2.45) is 0 Å². The average molecular weight is 290 g/mol. The molecular formula is C15H18N2O2S. The Morgan fingerprint density at radius 3 is 2.35 bits per heavy atom. The summed E-state index contributed by atoms with van der Waals surface area (Å²) in [7, 11) is -2.05. The van der Waals surface area contributed by atoms with Crippen molar-refractivity contribution in [2.75, 3.05) is 12.4 Å². The van der Waals surface area contributed by atoms with Gasteiger partial charge in [0.2, 0.25) is 10.0 Å². The second-order valence-electron chi connectivity index (χ2n) is 4.48. The molecule has 0 aromatic heterocycles. The van der Waals surface area contributed by atoms with Crippen LogP contribution in [0.2, 0.25) is 0 Å². The highest BCUT2D eigenvalue weighted by Crippen LogP contribution is 2.21. The Balaban J connectivity index is 2.25. The van der Waals surface area contributed by atoms with Crippen molar-refractivity contribution < 1.29 is 8.42 Å². The summed E-state index contributed by atoms with van der Waals surface area (Å²) in [6, 6.07) is 14.9. The largest absolute Gasteiger partial charge is 0.380 e. The number of nitrogens with one attached hydrogen (secondary N) is 2. The number of sulfonamides is 1. The molecule has 0 radical (unpaired) electrons. The maximum absolute atomic E-state index is 11.9. The van der Waals surface area contributed by atoms with E-state index >= 15 is 0 Å². The van der Waals surface area contributed by atoms with E-state index in [-0.39, 0.29) is 4.90 Å². The van der Waals surface area contributed by atoms with Crippen LogP contribution >= 0.6 is 0 Å². The van der Waals surface area contributed by atoms with Gasteiger partial charge in [-0.3, -0.25) is 0 Å². The van der Waals surface area contributed by atoms with Crippen LogP contribution in [-0.2, 0) is 16.6 Å². The van der Waals surface area contributed by atoms with E-state index in [0.29, 0.717) is 12.2 Å². The fourth-order valence-electron chi connectivity index (χ4n) is 1.96. The van der Waals surface area contributed by atoms with Gasteiger partial charge in [0.1, 0.15) is 4.90 Å². The normalized spacial score (nSPS) is 11.3. The van der Waals surface area contributed by atoms with Gasteiger partial charge in [-0.05, 0) is 37.2 Å². The summed E-state index contributed by atoms with van der Waals surface area (Å²) in [6.07, 6.45) is 0. The fourth-order valence-corrected chi connectivity index (χ4v) is 2.86. The zero-order valence-electron chi connectivity index (χ0n) is 11.6. The molecule has 2 aromatic carbocycles. The molecule has 0 saturated heterocycles. The molecule has 0 aliphatic heterocycles. The summed E-state index contributed by atoms with van der Waals surface area (Å²) in [5, 5.41) is 3.19. The zero-order valence-corrected chi connectivity index (χ0v) is 12.4. The minimum absolute atomic E-state index is 0.260. The molecular weight excluding hydrogens is 272 g/mol. The molecule has 0 amide bonds. The van der Waals surface area contributed by atoms with Crippen LogP contribution in [0.25, 0.3) is 0 Å². The van der Waals surface area contributed by atoms with E-state index in [0.717, 1.165) is 5.56 Å². The highest BCUT2D eigenvalue weighted by Gasteiger charge is 2.15. The van der Waals surface area contributed by atoms with Gasteiger partial charge in [-0.1, -0.05) is 36.4 Å². The molecule has 2 rings (SSSR count). The smallest absolute Gasteiger partial charge is 0.242 e. The first kappa shape index (κ1) is 14.6. The summed E-state index contributed by atoms with van der Waals surface area (Å²) in [4.78, 5) is 0.260. The first-order valence-corrected chi connectivity index (χ1v) is 7.84. The Bertz CT molecular complexity index is 697. The van der Waals surface area contributed by atoms with Crippen molar-refractivity contribution in [1.29, 1.82) is 0 Å². The van der Waals surface area contributed by atoms with Gasteiger partial charge in [0.15, 0.2) is 0 Å². The molecule has 0 spiro atoms. The van der Waals surface area contributed by atoms with Crippen molar-refractivity contribution in [1.82, 2.24) is 4.72 Å². The minimum Gasteiger partial charge on any atom is -0.380 e. The van der Waals surface area contributed by atoms with Crippen LogP contribution in [-0.4, -0.2) is 15.5 Å². The maximum atomic E-state index is 11.9. The second kappa shape index (κ2) is 6.07. The molecule has 0 heterocycles. The lowest BCUT2D eigenvalue weighted by Crippen LogP contribution is -2.20. The van der Waals surface area contributed by atoms with Crippen molar-refractivity contribution in [3.8, 4) is 0 Å². The Labute approximate surface area is 119 Å². The number of aryl methyl sites for hydroxylation is 1. The maximum Gasteiger partial charge on any atom is 0.242 e. The second-order valence-corrected chi connectivity index (χ2v) is 6.34. The van der Waals surface area contributed by atoms with Crippen LogP contribution in [0, 0.1) is 6.92 Å². The molecule has 0 bridgehead atoms. The highest BCUT2D eigenvalue weighted by molar-refractivity contribution is 7.89. The third kappa shape index (κ3) is 3.18. The van der Waals surface area contributed by atoms with Gasteiger partial charge in [-0.2, -0.15) is 0 Å². The van der Waals surface area contributed by atoms with Gasteiger partial charge in [0, 0.05) is 6.54 Å². The van der Waals surface area contributed by atoms with E-state index in [2.05, 4.69) is 10.0 Å². The van der Waals surface area contributed by atoms with Gasteiger partial charge < -0.3 is 5.32 Å². The summed E-state index contributed by atoms with van der Waals surface area (Å²) >= 11 is 0. The SMILES string of the molecule is CNS(=O)(=O)c1ccccc1NCc1ccccc1C. The first-order valence-electron chi connectivity index (χ1n) is 6.35. The molecule has 2 N–H and O–H groups in total. The Morgan fingerprint density at radius 2 is 1.65 bits per heavy atom. The summed E-state index contributed by atoms with van der Waals surface area (Å²) in [5.41, 5.74) is 2.92. The standard InChI is InChI=1S/C15H18N2O2S/c1-12-7-3-4-8-13(12)11-17-14-9-5-6-10-15(14)20(18,19)16-2/h3-10,16-17H,11H2,1-2H3. The molecule has 0 aliphatic carbocycles. The molecule has 0 aliphatic rings. The van der Waals surface area contributed by atoms with Crippen LogP contribution in [0.5, 0.6) is 0 Å². The summed E-state index contributed by atoms with van der Waals surface area (Å²) < 4.78 is 26.2. The van der Waals surface area contributed by atoms with Crippen LogP contribution < -0.4 is 10.0 Å². The first-order chi connectivity index (χ1) is 9.54. The fraction of sp³-hybridized carbons (Fsp3) is 0.200. The number of hydrogen-bond acceptors (Lipinski definition) is 3. The molecule has 0 saturated carbocycles. The lowest BCUT2D eigenvalue weighted by molar-refractivity contribution is 0.588. The average Bonchev–Trinajstić information content (AvgIpc) is 2.47. The molecule has 106 valence electrons. The van der Waals surface area contributed by atoms with E-state index in [4.69, 9.17) is 0 Å². The van der Waals surface area contributed by atoms with Gasteiger partial charge in [-0.25, -0.2) is 13.1 Å². The predicted octanol–water partition coefficient (Wildman–Crippen LogP) is 2.52. The van der Waals surface area contributed by atoms with Crippen molar-refractivity contribution in [2.45, 2.75) is 18.4 Å². The number of para-hydroxylation sites is 1. The van der Waals surface area contributed by atoms with Crippen LogP contribution in [0.15, 0.2) is 53.4 Å². The molecule has 0 fully saturated rings. The van der Waals surface area contributed by atoms with Crippen LogP contribution in [0.3, 0.4) is 0 Å². The highest BCUT2D eigenvalue weighted by atomic mass is 32.2. The Hall–Kier alpha value is -1.85. The predicted molar refractivity (Wildman–Crippen MR) is 81.2 cm³/mol. The van der Waals surface area contributed by atoms with Gasteiger partial charge >= 0.3 is 0 Å². The molecule has 0 unspecified atom stereocenters. The lowest BCUT2D eigenvalue weighted by atomic mass is 10.1. The quantitative estimate of drug-likeness (QED) is 0.889. The molecule has 20 heavy (non-hydrogen) atoms. The monoisotopic (exact) mass is 290 g/mol. The Kier molecular flexibility index (Phi) is 4.42. The van der Waals surface area contributed by atoms with E-state index < -0.39 is 10.0 Å². The van der Waals surface area contributed by atoms with Crippen LogP contribution in [0.4, 0.5) is 5.69 Å². The molecule has 4 nitrogen and oxygen atoms in total. The molecule has 5 heteroatoms. The topological polar surface area (TPSA) is 58.2 Å². The van der Waals surface area contributed by atoms with E-state index in [1.807, 2.05) is 37.3 Å². The minimum atomic E-state index is -3.46.